The van der Waals surface area contributed by atoms with Crippen LogP contribution in [0.15, 0.2) is 12.2 Å². The van der Waals surface area contributed by atoms with Crippen molar-refractivity contribution >= 4 is 12.0 Å². The Balaban J connectivity index is 1.81. The number of aliphatic carboxylic acids is 1. The molecule has 0 aliphatic carbocycles. The minimum absolute atomic E-state index is 0.0485. The zero-order chi connectivity index (χ0) is 15.4. The molecule has 0 bridgehead atoms. The first kappa shape index (κ1) is 15.8. The molecule has 2 N–H and O–H groups in total. The van der Waals surface area contributed by atoms with Gasteiger partial charge in [0.25, 0.3) is 0 Å². The lowest BCUT2D eigenvalue weighted by molar-refractivity contribution is -0.143. The van der Waals surface area contributed by atoms with Gasteiger partial charge in [0.2, 0.25) is 0 Å². The molecule has 0 aromatic carbocycles. The zero-order valence-electron chi connectivity index (χ0n) is 12.7. The van der Waals surface area contributed by atoms with E-state index in [0.29, 0.717) is 25.7 Å². The van der Waals surface area contributed by atoms with Crippen LogP contribution in [0.1, 0.15) is 32.6 Å². The van der Waals surface area contributed by atoms with Crippen molar-refractivity contribution in [1.82, 2.24) is 15.1 Å². The van der Waals surface area contributed by atoms with Crippen LogP contribution in [-0.2, 0) is 4.79 Å². The van der Waals surface area contributed by atoms with Gasteiger partial charge in [0, 0.05) is 25.7 Å². The predicted octanol–water partition coefficient (Wildman–Crippen LogP) is 1.29. The number of nitrogens with zero attached hydrogens (tertiary/aromatic N) is 2. The van der Waals surface area contributed by atoms with Gasteiger partial charge in [-0.1, -0.05) is 12.2 Å². The highest BCUT2D eigenvalue weighted by Gasteiger charge is 2.37. The topological polar surface area (TPSA) is 72.9 Å². The molecule has 2 rings (SSSR count). The second-order valence-corrected chi connectivity index (χ2v) is 6.07. The highest BCUT2D eigenvalue weighted by Crippen LogP contribution is 2.26. The Bertz CT molecular complexity index is 416. The lowest BCUT2D eigenvalue weighted by Gasteiger charge is -2.38. The van der Waals surface area contributed by atoms with Gasteiger partial charge in [-0.15, -0.1) is 0 Å². The summed E-state index contributed by atoms with van der Waals surface area (Å²) in [7, 11) is 0. The summed E-state index contributed by atoms with van der Waals surface area (Å²) in [6, 6.07) is -0.0924. The van der Waals surface area contributed by atoms with E-state index in [9.17, 15) is 14.7 Å². The predicted molar refractivity (Wildman–Crippen MR) is 80.2 cm³/mol. The standard InChI is InChI=1S/C15H25N3O3/c1-11(2)10-16-15(21)17-8-5-12(6-9-17)18-7-3-4-13(18)14(19)20/h12-13H,1,3-10H2,2H3,(H,16,21)(H,19,20). The lowest BCUT2D eigenvalue weighted by atomic mass is 10.0. The minimum Gasteiger partial charge on any atom is -0.480 e. The quantitative estimate of drug-likeness (QED) is 0.767. The molecule has 1 unspecified atom stereocenters. The van der Waals surface area contributed by atoms with Crippen LogP contribution in [-0.4, -0.2) is 65.2 Å². The monoisotopic (exact) mass is 295 g/mol. The van der Waals surface area contributed by atoms with Crippen LogP contribution in [0.25, 0.3) is 0 Å². The first-order valence-electron chi connectivity index (χ1n) is 7.64. The van der Waals surface area contributed by atoms with Crippen LogP contribution in [0, 0.1) is 0 Å². The fraction of sp³-hybridized carbons (Fsp3) is 0.733. The van der Waals surface area contributed by atoms with E-state index in [1.807, 2.05) is 11.8 Å². The largest absolute Gasteiger partial charge is 0.480 e. The fourth-order valence-electron chi connectivity index (χ4n) is 3.23. The van der Waals surface area contributed by atoms with E-state index in [0.717, 1.165) is 37.8 Å². The number of hydrogen-bond donors (Lipinski definition) is 2. The first-order valence-corrected chi connectivity index (χ1v) is 7.64. The second-order valence-electron chi connectivity index (χ2n) is 6.07. The third kappa shape index (κ3) is 3.97. The van der Waals surface area contributed by atoms with Gasteiger partial charge in [-0.25, -0.2) is 4.79 Å². The molecular weight excluding hydrogens is 270 g/mol. The second kappa shape index (κ2) is 6.93. The van der Waals surface area contributed by atoms with E-state index >= 15 is 0 Å². The summed E-state index contributed by atoms with van der Waals surface area (Å²) in [5, 5.41) is 12.1. The van der Waals surface area contributed by atoms with Crippen molar-refractivity contribution in [3.63, 3.8) is 0 Å². The molecule has 6 nitrogen and oxygen atoms in total. The van der Waals surface area contributed by atoms with Crippen LogP contribution in [0.2, 0.25) is 0 Å². The highest BCUT2D eigenvalue weighted by molar-refractivity contribution is 5.75. The summed E-state index contributed by atoms with van der Waals surface area (Å²) in [5.74, 6) is -0.714. The Kier molecular flexibility index (Phi) is 5.22. The number of carbonyl (C=O) groups excluding carboxylic acids is 1. The van der Waals surface area contributed by atoms with Crippen molar-refractivity contribution in [3.8, 4) is 0 Å². The van der Waals surface area contributed by atoms with E-state index in [4.69, 9.17) is 0 Å². The summed E-state index contributed by atoms with van der Waals surface area (Å²) >= 11 is 0. The Morgan fingerprint density at radius 2 is 1.90 bits per heavy atom. The number of carboxylic acid groups (broad SMARTS) is 1. The van der Waals surface area contributed by atoms with Gasteiger partial charge >= 0.3 is 12.0 Å². The van der Waals surface area contributed by atoms with E-state index in [-0.39, 0.29) is 12.1 Å². The van der Waals surface area contributed by atoms with Gasteiger partial charge in [0.15, 0.2) is 0 Å². The summed E-state index contributed by atoms with van der Waals surface area (Å²) in [6.45, 7) is 8.40. The number of amides is 2. The molecule has 2 fully saturated rings. The molecule has 6 heteroatoms. The molecule has 0 spiro atoms. The molecule has 118 valence electrons. The van der Waals surface area contributed by atoms with Crippen LogP contribution in [0.4, 0.5) is 4.79 Å². The SMILES string of the molecule is C=C(C)CNC(=O)N1CCC(N2CCCC2C(=O)O)CC1. The number of rotatable bonds is 4. The number of carbonyl (C=O) groups is 2. The molecular formula is C15H25N3O3. The minimum atomic E-state index is -0.714. The first-order chi connectivity index (χ1) is 9.99. The average Bonchev–Trinajstić information content (AvgIpc) is 2.94. The highest BCUT2D eigenvalue weighted by atomic mass is 16.4. The number of piperidine rings is 1. The van der Waals surface area contributed by atoms with Gasteiger partial charge in [-0.3, -0.25) is 9.69 Å². The maximum Gasteiger partial charge on any atom is 0.320 e. The summed E-state index contributed by atoms with van der Waals surface area (Å²) in [5.41, 5.74) is 0.930. The molecule has 0 radical (unpaired) electrons. The Morgan fingerprint density at radius 3 is 2.48 bits per heavy atom. The molecule has 2 amide bonds. The number of nitrogens with one attached hydrogen (secondary N) is 1. The van der Waals surface area contributed by atoms with E-state index < -0.39 is 5.97 Å². The third-order valence-corrected chi connectivity index (χ3v) is 4.34. The molecule has 21 heavy (non-hydrogen) atoms. The molecule has 0 saturated carbocycles. The van der Waals surface area contributed by atoms with E-state index in [2.05, 4.69) is 16.8 Å². The van der Waals surface area contributed by atoms with Gasteiger partial charge in [0.1, 0.15) is 6.04 Å². The normalized spacial score (nSPS) is 24.0. The van der Waals surface area contributed by atoms with Crippen LogP contribution >= 0.6 is 0 Å². The fourth-order valence-corrected chi connectivity index (χ4v) is 3.23. The third-order valence-electron chi connectivity index (χ3n) is 4.34. The Morgan fingerprint density at radius 1 is 1.24 bits per heavy atom. The van der Waals surface area contributed by atoms with E-state index in [1.165, 1.54) is 0 Å². The van der Waals surface area contributed by atoms with Crippen molar-refractivity contribution in [1.29, 1.82) is 0 Å². The Labute approximate surface area is 125 Å². The maximum absolute atomic E-state index is 12.0. The summed E-state index contributed by atoms with van der Waals surface area (Å²) in [6.07, 6.45) is 3.40. The number of urea groups is 1. The summed E-state index contributed by atoms with van der Waals surface area (Å²) in [4.78, 5) is 27.1. The van der Waals surface area contributed by atoms with Gasteiger partial charge in [0.05, 0.1) is 0 Å². The summed E-state index contributed by atoms with van der Waals surface area (Å²) < 4.78 is 0. The van der Waals surface area contributed by atoms with Crippen molar-refractivity contribution in [2.24, 2.45) is 0 Å². The average molecular weight is 295 g/mol. The molecule has 1 atom stereocenters. The van der Waals surface area contributed by atoms with Crippen LogP contribution in [0.3, 0.4) is 0 Å². The number of likely N-dealkylation sites (tertiary alicyclic amines) is 2. The van der Waals surface area contributed by atoms with Crippen molar-refractivity contribution in [2.45, 2.75) is 44.7 Å². The Hall–Kier alpha value is -1.56. The molecule has 0 aromatic heterocycles. The van der Waals surface area contributed by atoms with Gasteiger partial charge < -0.3 is 15.3 Å². The molecule has 0 aromatic rings. The lowest BCUT2D eigenvalue weighted by Crippen LogP contribution is -2.51. The van der Waals surface area contributed by atoms with Crippen LogP contribution < -0.4 is 5.32 Å². The molecule has 2 aliphatic heterocycles. The molecule has 2 aliphatic rings. The zero-order valence-corrected chi connectivity index (χ0v) is 12.7. The maximum atomic E-state index is 12.0. The van der Waals surface area contributed by atoms with E-state index in [1.54, 1.807) is 0 Å². The van der Waals surface area contributed by atoms with Crippen molar-refractivity contribution in [3.05, 3.63) is 12.2 Å². The number of carboxylic acids is 1. The van der Waals surface area contributed by atoms with Crippen molar-refractivity contribution < 1.29 is 14.7 Å². The smallest absolute Gasteiger partial charge is 0.320 e. The van der Waals surface area contributed by atoms with Gasteiger partial charge in [-0.2, -0.15) is 0 Å². The van der Waals surface area contributed by atoms with Crippen molar-refractivity contribution in [2.75, 3.05) is 26.2 Å². The molecule has 2 heterocycles. The van der Waals surface area contributed by atoms with Crippen LogP contribution in [0.5, 0.6) is 0 Å². The number of hydrogen-bond acceptors (Lipinski definition) is 3. The molecule has 2 saturated heterocycles. The van der Waals surface area contributed by atoms with Gasteiger partial charge in [-0.05, 0) is 39.2 Å².